The van der Waals surface area contributed by atoms with E-state index in [0.29, 0.717) is 6.61 Å². The molecule has 0 bridgehead atoms. The Morgan fingerprint density at radius 1 is 1.29 bits per heavy atom. The maximum absolute atomic E-state index is 8.72. The zero-order valence-electron chi connectivity index (χ0n) is 13.2. The van der Waals surface area contributed by atoms with Gasteiger partial charge in [-0.25, -0.2) is 0 Å². The van der Waals surface area contributed by atoms with Crippen molar-refractivity contribution in [3.63, 3.8) is 0 Å². The van der Waals surface area contributed by atoms with Gasteiger partial charge in [-0.05, 0) is 56.4 Å². The highest BCUT2D eigenvalue weighted by Gasteiger charge is 2.22. The van der Waals surface area contributed by atoms with Crippen LogP contribution < -0.4 is 10.5 Å². The summed E-state index contributed by atoms with van der Waals surface area (Å²) in [7, 11) is 0. The number of benzene rings is 1. The van der Waals surface area contributed by atoms with Crippen LogP contribution in [0.1, 0.15) is 44.2 Å². The minimum atomic E-state index is -0.289. The lowest BCUT2D eigenvalue weighted by atomic mass is 9.86. The lowest BCUT2D eigenvalue weighted by molar-refractivity contribution is 0.288. The molecule has 21 heavy (non-hydrogen) atoms. The topological polar surface area (TPSA) is 67.8 Å². The van der Waals surface area contributed by atoms with E-state index in [0.717, 1.165) is 41.2 Å². The van der Waals surface area contributed by atoms with E-state index in [1.54, 1.807) is 0 Å². The molecule has 0 unspecified atom stereocenters. The molecule has 0 aromatic heterocycles. The van der Waals surface area contributed by atoms with E-state index in [4.69, 9.17) is 27.3 Å². The first-order valence-electron chi connectivity index (χ1n) is 7.15. The first-order chi connectivity index (χ1) is 9.77. The molecular weight excluding hydrogens is 288 g/mol. The maximum atomic E-state index is 8.72. The minimum absolute atomic E-state index is 0.271. The Bertz CT molecular complexity index is 490. The quantitative estimate of drug-likeness (QED) is 0.260. The van der Waals surface area contributed by atoms with Gasteiger partial charge in [-0.2, -0.15) is 0 Å². The third kappa shape index (κ3) is 5.12. The predicted octanol–water partition coefficient (Wildman–Crippen LogP) is 4.28. The van der Waals surface area contributed by atoms with Crippen molar-refractivity contribution >= 4 is 17.4 Å². The largest absolute Gasteiger partial charge is 0.494 e. The third-order valence-electron chi connectivity index (χ3n) is 3.68. The van der Waals surface area contributed by atoms with Gasteiger partial charge in [0.15, 0.2) is 0 Å². The van der Waals surface area contributed by atoms with Crippen LogP contribution in [0.25, 0.3) is 0 Å². The molecule has 0 aliphatic rings. The number of nitrogens with zero attached hydrogens (tertiary/aromatic N) is 1. The van der Waals surface area contributed by atoms with Crippen LogP contribution in [0.5, 0.6) is 5.75 Å². The first-order valence-corrected chi connectivity index (χ1v) is 7.53. The molecule has 4 nitrogen and oxygen atoms in total. The highest BCUT2D eigenvalue weighted by atomic mass is 35.5. The molecule has 0 saturated carbocycles. The molecule has 0 aliphatic heterocycles. The number of rotatable bonds is 7. The standard InChI is InChI=1S/C16H25ClN2O2/c1-11-9-13(10-12(2)14(11)17)21-8-6-5-7-16(3,4)15(18)19-20/h9-10,20H,5-8H2,1-4H3,(H2,18,19). The van der Waals surface area contributed by atoms with Gasteiger partial charge >= 0.3 is 0 Å². The Morgan fingerprint density at radius 3 is 2.38 bits per heavy atom. The predicted molar refractivity (Wildman–Crippen MR) is 87.5 cm³/mol. The Hall–Kier alpha value is -1.42. The number of ether oxygens (including phenoxy) is 1. The van der Waals surface area contributed by atoms with Crippen LogP contribution in [0.15, 0.2) is 17.3 Å². The molecule has 118 valence electrons. The van der Waals surface area contributed by atoms with Crippen LogP contribution in [0.3, 0.4) is 0 Å². The van der Waals surface area contributed by atoms with E-state index in [1.807, 2.05) is 39.8 Å². The van der Waals surface area contributed by atoms with E-state index in [9.17, 15) is 0 Å². The number of hydrogen-bond donors (Lipinski definition) is 2. The van der Waals surface area contributed by atoms with Crippen molar-refractivity contribution in [3.8, 4) is 5.75 Å². The van der Waals surface area contributed by atoms with E-state index >= 15 is 0 Å². The van der Waals surface area contributed by atoms with Crippen molar-refractivity contribution in [2.45, 2.75) is 47.0 Å². The lowest BCUT2D eigenvalue weighted by Gasteiger charge is -2.22. The molecule has 0 radical (unpaired) electrons. The van der Waals surface area contributed by atoms with Crippen LogP contribution in [0.4, 0.5) is 0 Å². The molecule has 0 fully saturated rings. The van der Waals surface area contributed by atoms with Crippen molar-refractivity contribution in [3.05, 3.63) is 28.3 Å². The van der Waals surface area contributed by atoms with Crippen molar-refractivity contribution in [2.75, 3.05) is 6.61 Å². The Morgan fingerprint density at radius 2 is 1.86 bits per heavy atom. The summed E-state index contributed by atoms with van der Waals surface area (Å²) in [6.07, 6.45) is 2.72. The van der Waals surface area contributed by atoms with Crippen LogP contribution in [-0.2, 0) is 0 Å². The molecule has 0 aliphatic carbocycles. The number of nitrogens with two attached hydrogens (primary N) is 1. The first kappa shape index (κ1) is 17.6. The maximum Gasteiger partial charge on any atom is 0.144 e. The summed E-state index contributed by atoms with van der Waals surface area (Å²) in [5.74, 6) is 1.12. The molecule has 0 spiro atoms. The van der Waals surface area contributed by atoms with Gasteiger partial charge < -0.3 is 15.7 Å². The van der Waals surface area contributed by atoms with Crippen molar-refractivity contribution in [1.82, 2.24) is 0 Å². The van der Waals surface area contributed by atoms with Gasteiger partial charge in [0, 0.05) is 10.4 Å². The van der Waals surface area contributed by atoms with Crippen LogP contribution >= 0.6 is 11.6 Å². The summed E-state index contributed by atoms with van der Waals surface area (Å²) in [5.41, 5.74) is 7.43. The molecule has 1 rings (SSSR count). The number of halogens is 1. The summed E-state index contributed by atoms with van der Waals surface area (Å²) < 4.78 is 5.75. The fourth-order valence-corrected chi connectivity index (χ4v) is 2.22. The third-order valence-corrected chi connectivity index (χ3v) is 4.27. The highest BCUT2D eigenvalue weighted by Crippen LogP contribution is 2.26. The van der Waals surface area contributed by atoms with E-state index in [1.165, 1.54) is 0 Å². The number of oxime groups is 1. The zero-order chi connectivity index (χ0) is 16.0. The number of aryl methyl sites for hydroxylation is 2. The Labute approximate surface area is 131 Å². The second kappa shape index (κ2) is 7.55. The van der Waals surface area contributed by atoms with Gasteiger partial charge in [0.2, 0.25) is 0 Å². The molecule has 0 atom stereocenters. The van der Waals surface area contributed by atoms with Crippen molar-refractivity contribution in [2.24, 2.45) is 16.3 Å². The van der Waals surface area contributed by atoms with Crippen LogP contribution in [0, 0.1) is 19.3 Å². The zero-order valence-corrected chi connectivity index (χ0v) is 14.0. The second-order valence-corrected chi connectivity index (χ2v) is 6.42. The summed E-state index contributed by atoms with van der Waals surface area (Å²) in [6, 6.07) is 3.91. The van der Waals surface area contributed by atoms with Gasteiger partial charge in [0.25, 0.3) is 0 Å². The van der Waals surface area contributed by atoms with E-state index in [2.05, 4.69) is 5.16 Å². The summed E-state index contributed by atoms with van der Waals surface area (Å²) >= 11 is 6.13. The molecule has 0 amide bonds. The van der Waals surface area contributed by atoms with Crippen molar-refractivity contribution in [1.29, 1.82) is 0 Å². The molecule has 1 aromatic rings. The average molecular weight is 313 g/mol. The summed E-state index contributed by atoms with van der Waals surface area (Å²) in [4.78, 5) is 0. The highest BCUT2D eigenvalue weighted by molar-refractivity contribution is 6.32. The van der Waals surface area contributed by atoms with E-state index in [-0.39, 0.29) is 11.3 Å². The number of amidine groups is 1. The molecule has 0 saturated heterocycles. The molecule has 1 aromatic carbocycles. The SMILES string of the molecule is Cc1cc(OCCCCC(C)(C)/C(N)=N/O)cc(C)c1Cl. The average Bonchev–Trinajstić information content (AvgIpc) is 2.43. The van der Waals surface area contributed by atoms with Gasteiger partial charge in [-0.3, -0.25) is 0 Å². The van der Waals surface area contributed by atoms with Gasteiger partial charge in [0.05, 0.1) is 6.61 Å². The fraction of sp³-hybridized carbons (Fsp3) is 0.562. The fourth-order valence-electron chi connectivity index (χ4n) is 2.11. The molecular formula is C16H25ClN2O2. The normalized spacial score (nSPS) is 12.5. The monoisotopic (exact) mass is 312 g/mol. The smallest absolute Gasteiger partial charge is 0.144 e. The van der Waals surface area contributed by atoms with Crippen LogP contribution in [0.2, 0.25) is 5.02 Å². The number of unbranched alkanes of at least 4 members (excludes halogenated alkanes) is 1. The molecule has 0 heterocycles. The minimum Gasteiger partial charge on any atom is -0.494 e. The second-order valence-electron chi connectivity index (χ2n) is 6.05. The Balaban J connectivity index is 2.39. The van der Waals surface area contributed by atoms with Gasteiger partial charge in [0.1, 0.15) is 11.6 Å². The lowest BCUT2D eigenvalue weighted by Crippen LogP contribution is -2.31. The summed E-state index contributed by atoms with van der Waals surface area (Å²) in [5, 5.41) is 12.6. The van der Waals surface area contributed by atoms with Crippen LogP contribution in [-0.4, -0.2) is 17.6 Å². The summed E-state index contributed by atoms with van der Waals surface area (Å²) in [6.45, 7) is 8.53. The van der Waals surface area contributed by atoms with Gasteiger partial charge in [-0.1, -0.05) is 30.6 Å². The molecule has 3 N–H and O–H groups in total. The van der Waals surface area contributed by atoms with Crippen molar-refractivity contribution < 1.29 is 9.94 Å². The Kier molecular flexibility index (Phi) is 6.34. The molecule has 5 heteroatoms. The van der Waals surface area contributed by atoms with Gasteiger partial charge in [-0.15, -0.1) is 0 Å². The number of hydrogen-bond acceptors (Lipinski definition) is 3. The van der Waals surface area contributed by atoms with E-state index < -0.39 is 0 Å².